The summed E-state index contributed by atoms with van der Waals surface area (Å²) in [6, 6.07) is 6.09. The molecule has 4 aliphatic rings. The maximum atomic E-state index is 10.2. The van der Waals surface area contributed by atoms with Gasteiger partial charge in [0.2, 0.25) is 0 Å². The minimum atomic E-state index is -0.165. The standard InChI is InChI=1S/C28H30N8O2S/c29-24-17-2-1-6-30-18(17)10-28(24)4-8-35(9-5-28)25-19(13-37)33-22(12-32-25)39-20-3-7-31-26-23(20)34-21-11-27(14-36(21)26)15-38-16-27/h1-3,6-7,12,24,37H,4-5,8-11,13-16,29H2/t24-/m1/s1. The average Bonchev–Trinajstić information content (AvgIpc) is 3.58. The summed E-state index contributed by atoms with van der Waals surface area (Å²) in [6.45, 7) is 4.00. The van der Waals surface area contributed by atoms with Gasteiger partial charge in [-0.1, -0.05) is 17.8 Å². The number of nitrogens with zero attached hydrogens (tertiary/aromatic N) is 7. The third-order valence-electron chi connectivity index (χ3n) is 9.18. The number of hydrogen-bond acceptors (Lipinski definition) is 10. The Balaban J connectivity index is 1.01. The van der Waals surface area contributed by atoms with Crippen LogP contribution in [0.5, 0.6) is 0 Å². The van der Waals surface area contributed by atoms with Crippen molar-refractivity contribution in [3.05, 3.63) is 59.6 Å². The summed E-state index contributed by atoms with van der Waals surface area (Å²) in [7, 11) is 0. The van der Waals surface area contributed by atoms with Crippen LogP contribution >= 0.6 is 11.8 Å². The highest BCUT2D eigenvalue weighted by Gasteiger charge is 2.47. The van der Waals surface area contributed by atoms with Crippen molar-refractivity contribution in [3.8, 4) is 0 Å². The number of aromatic nitrogens is 6. The monoisotopic (exact) mass is 542 g/mol. The van der Waals surface area contributed by atoms with E-state index < -0.39 is 0 Å². The molecule has 0 saturated carbocycles. The molecule has 0 aromatic carbocycles. The number of aliphatic hydroxyl groups excluding tert-OH is 1. The van der Waals surface area contributed by atoms with Gasteiger partial charge in [-0.3, -0.25) is 4.98 Å². The molecule has 8 rings (SSSR count). The lowest BCUT2D eigenvalue weighted by Crippen LogP contribution is -2.45. The number of rotatable bonds is 4. The number of anilines is 1. The molecule has 4 aromatic heterocycles. The zero-order valence-corrected chi connectivity index (χ0v) is 22.4. The predicted molar refractivity (Wildman–Crippen MR) is 145 cm³/mol. The molecule has 200 valence electrons. The molecule has 0 radical (unpaired) electrons. The molecule has 2 spiro atoms. The molecule has 3 aliphatic heterocycles. The van der Waals surface area contributed by atoms with Crippen LogP contribution in [-0.2, 0) is 30.7 Å². The number of pyridine rings is 2. The van der Waals surface area contributed by atoms with Gasteiger partial charge in [0.25, 0.3) is 0 Å². The van der Waals surface area contributed by atoms with E-state index in [2.05, 4.69) is 25.5 Å². The van der Waals surface area contributed by atoms with Crippen molar-refractivity contribution in [1.82, 2.24) is 29.5 Å². The zero-order valence-electron chi connectivity index (χ0n) is 21.6. The van der Waals surface area contributed by atoms with Gasteiger partial charge in [-0.25, -0.2) is 19.9 Å². The van der Waals surface area contributed by atoms with Crippen molar-refractivity contribution < 1.29 is 9.84 Å². The van der Waals surface area contributed by atoms with E-state index in [9.17, 15) is 5.11 Å². The topological polar surface area (TPSA) is 128 Å². The lowest BCUT2D eigenvalue weighted by atomic mass is 9.73. The van der Waals surface area contributed by atoms with E-state index in [1.54, 1.807) is 6.20 Å². The van der Waals surface area contributed by atoms with Gasteiger partial charge in [0, 0.05) is 60.5 Å². The number of ether oxygens (including phenoxy) is 1. The van der Waals surface area contributed by atoms with E-state index in [-0.39, 0.29) is 23.5 Å². The first-order chi connectivity index (χ1) is 19.1. The Morgan fingerprint density at radius 1 is 1.08 bits per heavy atom. The van der Waals surface area contributed by atoms with Gasteiger partial charge in [0.1, 0.15) is 22.1 Å². The highest BCUT2D eigenvalue weighted by Crippen LogP contribution is 2.50. The van der Waals surface area contributed by atoms with Crippen LogP contribution in [0.3, 0.4) is 0 Å². The molecular formula is C28H30N8O2S. The summed E-state index contributed by atoms with van der Waals surface area (Å²) < 4.78 is 7.72. The molecular weight excluding hydrogens is 512 g/mol. The first kappa shape index (κ1) is 23.7. The Kier molecular flexibility index (Phi) is 5.29. The minimum Gasteiger partial charge on any atom is -0.390 e. The van der Waals surface area contributed by atoms with Gasteiger partial charge in [0.15, 0.2) is 11.5 Å². The molecule has 2 fully saturated rings. The van der Waals surface area contributed by atoms with Crippen molar-refractivity contribution >= 4 is 28.7 Å². The normalized spacial score (nSPS) is 22.4. The lowest BCUT2D eigenvalue weighted by molar-refractivity contribution is -0.111. The van der Waals surface area contributed by atoms with Crippen LogP contribution in [0.2, 0.25) is 0 Å². The molecule has 11 heteroatoms. The second-order valence-corrected chi connectivity index (χ2v) is 12.6. The molecule has 1 aliphatic carbocycles. The van der Waals surface area contributed by atoms with Crippen LogP contribution in [0.4, 0.5) is 5.82 Å². The van der Waals surface area contributed by atoms with E-state index in [0.29, 0.717) is 5.69 Å². The Hall–Kier alpha value is -3.12. The number of fused-ring (bicyclic) bond motifs is 4. The predicted octanol–water partition coefficient (Wildman–Crippen LogP) is 2.68. The summed E-state index contributed by atoms with van der Waals surface area (Å²) in [6.07, 6.45) is 9.28. The fraction of sp³-hybridized carbons (Fsp3) is 0.464. The van der Waals surface area contributed by atoms with Gasteiger partial charge in [-0.2, -0.15) is 0 Å². The second kappa shape index (κ2) is 8.69. The van der Waals surface area contributed by atoms with Crippen LogP contribution in [0, 0.1) is 10.8 Å². The Morgan fingerprint density at radius 2 is 1.95 bits per heavy atom. The largest absolute Gasteiger partial charge is 0.390 e. The van der Waals surface area contributed by atoms with E-state index >= 15 is 0 Å². The molecule has 4 aromatic rings. The van der Waals surface area contributed by atoms with Crippen molar-refractivity contribution in [1.29, 1.82) is 0 Å². The Morgan fingerprint density at radius 3 is 2.72 bits per heavy atom. The second-order valence-electron chi connectivity index (χ2n) is 11.5. The number of hydrogen-bond donors (Lipinski definition) is 2. The van der Waals surface area contributed by atoms with E-state index in [4.69, 9.17) is 25.4 Å². The van der Waals surface area contributed by atoms with Crippen LogP contribution < -0.4 is 10.6 Å². The first-order valence-electron chi connectivity index (χ1n) is 13.6. The third-order valence-corrected chi connectivity index (χ3v) is 10.1. The maximum Gasteiger partial charge on any atom is 0.161 e. The first-order valence-corrected chi connectivity index (χ1v) is 14.4. The van der Waals surface area contributed by atoms with Gasteiger partial charge < -0.3 is 25.0 Å². The number of imidazole rings is 1. The average molecular weight is 543 g/mol. The number of nitrogens with two attached hydrogens (primary N) is 1. The van der Waals surface area contributed by atoms with Crippen LogP contribution in [0.1, 0.15) is 41.7 Å². The molecule has 0 bridgehead atoms. The number of piperidine rings is 1. The van der Waals surface area contributed by atoms with Crippen LogP contribution in [0.15, 0.2) is 46.7 Å². The van der Waals surface area contributed by atoms with Crippen molar-refractivity contribution in [3.63, 3.8) is 0 Å². The highest BCUT2D eigenvalue weighted by atomic mass is 32.2. The summed E-state index contributed by atoms with van der Waals surface area (Å²) in [5.74, 6) is 1.84. The molecule has 10 nitrogen and oxygen atoms in total. The van der Waals surface area contributed by atoms with E-state index in [0.717, 1.165) is 97.0 Å². The molecule has 3 N–H and O–H groups in total. The fourth-order valence-corrected chi connectivity index (χ4v) is 7.82. The van der Waals surface area contributed by atoms with Crippen molar-refractivity contribution in [2.75, 3.05) is 31.2 Å². The molecule has 2 saturated heterocycles. The number of aliphatic hydroxyl groups is 1. The van der Waals surface area contributed by atoms with Crippen molar-refractivity contribution in [2.24, 2.45) is 16.6 Å². The maximum absolute atomic E-state index is 10.2. The van der Waals surface area contributed by atoms with Gasteiger partial charge in [-0.05, 0) is 42.4 Å². The third kappa shape index (κ3) is 3.63. The summed E-state index contributed by atoms with van der Waals surface area (Å²) in [4.78, 5) is 27.0. The van der Waals surface area contributed by atoms with Crippen LogP contribution in [0.25, 0.3) is 11.2 Å². The summed E-state index contributed by atoms with van der Waals surface area (Å²) in [5, 5.41) is 11.0. The molecule has 0 unspecified atom stereocenters. The minimum absolute atomic E-state index is 0.0136. The van der Waals surface area contributed by atoms with E-state index in [1.165, 1.54) is 17.3 Å². The molecule has 1 atom stereocenters. The van der Waals surface area contributed by atoms with Gasteiger partial charge in [-0.15, -0.1) is 0 Å². The Bertz CT molecular complexity index is 1590. The van der Waals surface area contributed by atoms with E-state index in [1.807, 2.05) is 24.5 Å². The van der Waals surface area contributed by atoms with Gasteiger partial charge in [0.05, 0.1) is 26.0 Å². The smallest absolute Gasteiger partial charge is 0.161 e. The van der Waals surface area contributed by atoms with Crippen LogP contribution in [-0.4, -0.2) is 60.9 Å². The summed E-state index contributed by atoms with van der Waals surface area (Å²) in [5.41, 5.74) is 11.7. The lowest BCUT2D eigenvalue weighted by Gasteiger charge is -2.42. The molecule has 39 heavy (non-hydrogen) atoms. The highest BCUT2D eigenvalue weighted by molar-refractivity contribution is 7.99. The Labute approximate surface area is 230 Å². The SMILES string of the molecule is N[C@@H]1c2cccnc2CC12CCN(c1ncc(Sc3ccnc4c3nc3n4CC4(COC4)C3)nc1CO)CC2. The summed E-state index contributed by atoms with van der Waals surface area (Å²) >= 11 is 1.52. The fourth-order valence-electron chi connectivity index (χ4n) is 6.98. The zero-order chi connectivity index (χ0) is 26.2. The quantitative estimate of drug-likeness (QED) is 0.397. The van der Waals surface area contributed by atoms with Crippen molar-refractivity contribution in [2.45, 2.75) is 54.8 Å². The molecule has 0 amide bonds. The molecule has 7 heterocycles. The van der Waals surface area contributed by atoms with Gasteiger partial charge >= 0.3 is 0 Å².